The first-order chi connectivity index (χ1) is 14.9. The molecule has 0 saturated carbocycles. The van der Waals surface area contributed by atoms with Crippen LogP contribution in [0.5, 0.6) is 0 Å². The number of thioether (sulfide) groups is 1. The van der Waals surface area contributed by atoms with Gasteiger partial charge in [0.2, 0.25) is 0 Å². The summed E-state index contributed by atoms with van der Waals surface area (Å²) in [7, 11) is 0. The highest BCUT2D eigenvalue weighted by molar-refractivity contribution is 8.26. The number of aromatic nitrogens is 1. The summed E-state index contributed by atoms with van der Waals surface area (Å²) in [5, 5.41) is 9.71. The lowest BCUT2D eigenvalue weighted by Crippen LogP contribution is -2.48. The summed E-state index contributed by atoms with van der Waals surface area (Å²) in [6, 6.07) is 2.10. The summed E-state index contributed by atoms with van der Waals surface area (Å²) in [6.45, 7) is 13.3. The second-order valence-corrected chi connectivity index (χ2v) is 9.33. The van der Waals surface area contributed by atoms with Crippen molar-refractivity contribution in [3.8, 4) is 6.07 Å². The number of thiocarbonyl (C=S) groups is 1. The number of hydrogen-bond donors (Lipinski definition) is 0. The van der Waals surface area contributed by atoms with Gasteiger partial charge in [-0.15, -0.1) is 0 Å². The number of pyridine rings is 1. The highest BCUT2D eigenvalue weighted by Gasteiger charge is 2.32. The van der Waals surface area contributed by atoms with E-state index in [4.69, 9.17) is 12.2 Å². The van der Waals surface area contributed by atoms with Crippen molar-refractivity contribution in [2.75, 3.05) is 44.2 Å². The monoisotopic (exact) mass is 459 g/mol. The zero-order chi connectivity index (χ0) is 22.7. The predicted octanol–water partition coefficient (Wildman–Crippen LogP) is 2.80. The normalized spacial score (nSPS) is 18.9. The van der Waals surface area contributed by atoms with Gasteiger partial charge in [0.05, 0.1) is 4.91 Å². The molecule has 7 nitrogen and oxygen atoms in total. The minimum Gasteiger partial charge on any atom is -0.355 e. The van der Waals surface area contributed by atoms with Gasteiger partial charge in [0.25, 0.3) is 11.5 Å². The fourth-order valence-corrected chi connectivity index (χ4v) is 5.46. The van der Waals surface area contributed by atoms with Gasteiger partial charge in [-0.25, -0.2) is 0 Å². The van der Waals surface area contributed by atoms with Crippen molar-refractivity contribution in [2.24, 2.45) is 0 Å². The van der Waals surface area contributed by atoms with Crippen molar-refractivity contribution >= 4 is 46.1 Å². The number of hydrogen-bond acceptors (Lipinski definition) is 7. The number of nitrogens with zero attached hydrogens (tertiary/aromatic N) is 5. The van der Waals surface area contributed by atoms with E-state index in [0.29, 0.717) is 27.9 Å². The molecule has 1 aromatic heterocycles. The minimum absolute atomic E-state index is 0.120. The topological polar surface area (TPSA) is 72.6 Å². The second kappa shape index (κ2) is 9.98. The smallest absolute Gasteiger partial charge is 0.270 e. The number of carbonyl (C=O) groups is 1. The average molecular weight is 460 g/mol. The summed E-state index contributed by atoms with van der Waals surface area (Å²) < 4.78 is 2.26. The molecule has 9 heteroatoms. The molecule has 0 radical (unpaired) electrons. The lowest BCUT2D eigenvalue weighted by molar-refractivity contribution is -0.121. The van der Waals surface area contributed by atoms with Crippen LogP contribution in [-0.4, -0.2) is 63.9 Å². The lowest BCUT2D eigenvalue weighted by atomic mass is 10.0. The quantitative estimate of drug-likeness (QED) is 0.478. The second-order valence-electron chi connectivity index (χ2n) is 7.65. The highest BCUT2D eigenvalue weighted by Crippen LogP contribution is 2.36. The molecule has 1 amide bonds. The Bertz CT molecular complexity index is 1020. The Labute approximate surface area is 193 Å². The molecule has 0 bridgehead atoms. The minimum atomic E-state index is -0.256. The maximum atomic E-state index is 13.2. The van der Waals surface area contributed by atoms with E-state index in [1.807, 2.05) is 19.9 Å². The van der Waals surface area contributed by atoms with Crippen LogP contribution in [0.2, 0.25) is 0 Å². The third kappa shape index (κ3) is 4.43. The van der Waals surface area contributed by atoms with Crippen LogP contribution < -0.4 is 10.5 Å². The van der Waals surface area contributed by atoms with Gasteiger partial charge in [-0.1, -0.05) is 37.8 Å². The summed E-state index contributed by atoms with van der Waals surface area (Å²) in [5.41, 5.74) is 1.27. The third-order valence-corrected chi connectivity index (χ3v) is 7.26. The van der Waals surface area contributed by atoms with E-state index in [1.54, 1.807) is 16.4 Å². The number of carbonyl (C=O) groups excluding carboxylic acids is 1. The van der Waals surface area contributed by atoms with Crippen LogP contribution in [-0.2, 0) is 11.3 Å². The Kier molecular flexibility index (Phi) is 7.57. The van der Waals surface area contributed by atoms with E-state index >= 15 is 0 Å². The summed E-state index contributed by atoms with van der Waals surface area (Å²) >= 11 is 6.65. The first kappa shape index (κ1) is 23.5. The Morgan fingerprint density at radius 3 is 2.32 bits per heavy atom. The first-order valence-corrected chi connectivity index (χ1v) is 12.0. The molecule has 0 aliphatic carbocycles. The molecule has 3 heterocycles. The number of amides is 1. The maximum absolute atomic E-state index is 13.2. The van der Waals surface area contributed by atoms with Crippen molar-refractivity contribution in [3.63, 3.8) is 0 Å². The summed E-state index contributed by atoms with van der Waals surface area (Å²) in [5.74, 6) is 0.686. The molecule has 166 valence electrons. The number of rotatable bonds is 6. The van der Waals surface area contributed by atoms with Gasteiger partial charge in [-0.2, -0.15) is 5.26 Å². The van der Waals surface area contributed by atoms with E-state index in [9.17, 15) is 14.9 Å². The molecular formula is C22H29N5O2S2. The van der Waals surface area contributed by atoms with E-state index in [-0.39, 0.29) is 17.0 Å². The molecule has 0 spiro atoms. The summed E-state index contributed by atoms with van der Waals surface area (Å²) in [6.07, 6.45) is 2.60. The molecule has 2 aliphatic rings. The molecule has 1 aromatic rings. The van der Waals surface area contributed by atoms with Crippen LogP contribution in [0, 0.1) is 18.3 Å². The fourth-order valence-electron chi connectivity index (χ4n) is 4.10. The Hall–Kier alpha value is -2.15. The van der Waals surface area contributed by atoms with Gasteiger partial charge in [0, 0.05) is 44.8 Å². The standard InChI is InChI=1S/C22H29N5O2S2/c1-5-8-27-19(25-11-9-24(6-2)10-12-25)16(15(4)17(14-23)20(27)28)13-18-21(29)26(7-3)22(30)31-18/h13H,5-12H2,1-4H3/b18-13-. The van der Waals surface area contributed by atoms with E-state index in [1.165, 1.54) is 11.8 Å². The molecular weight excluding hydrogens is 430 g/mol. The maximum Gasteiger partial charge on any atom is 0.270 e. The largest absolute Gasteiger partial charge is 0.355 e. The average Bonchev–Trinajstić information content (AvgIpc) is 3.04. The molecule has 0 unspecified atom stereocenters. The number of nitriles is 1. The van der Waals surface area contributed by atoms with Crippen LogP contribution >= 0.6 is 24.0 Å². The van der Waals surface area contributed by atoms with Crippen molar-refractivity contribution in [1.82, 2.24) is 14.4 Å². The molecule has 2 saturated heterocycles. The number of anilines is 1. The van der Waals surface area contributed by atoms with Crippen molar-refractivity contribution < 1.29 is 4.79 Å². The molecule has 0 aromatic carbocycles. The predicted molar refractivity (Wildman–Crippen MR) is 130 cm³/mol. The van der Waals surface area contributed by atoms with Crippen molar-refractivity contribution in [2.45, 2.75) is 40.7 Å². The molecule has 0 atom stereocenters. The third-order valence-electron chi connectivity index (χ3n) is 5.88. The molecule has 2 fully saturated rings. The van der Waals surface area contributed by atoms with Gasteiger partial charge in [-0.3, -0.25) is 19.1 Å². The number of piperazine rings is 1. The van der Waals surface area contributed by atoms with Crippen molar-refractivity contribution in [3.05, 3.63) is 31.9 Å². The van der Waals surface area contributed by atoms with Crippen LogP contribution in [0.1, 0.15) is 43.9 Å². The molecule has 31 heavy (non-hydrogen) atoms. The van der Waals surface area contributed by atoms with Gasteiger partial charge in [-0.05, 0) is 38.5 Å². The van der Waals surface area contributed by atoms with Gasteiger partial charge in [0.15, 0.2) is 0 Å². The Morgan fingerprint density at radius 2 is 1.81 bits per heavy atom. The van der Waals surface area contributed by atoms with Gasteiger partial charge in [0.1, 0.15) is 21.8 Å². The van der Waals surface area contributed by atoms with Crippen LogP contribution in [0.4, 0.5) is 5.82 Å². The fraction of sp³-hybridized carbons (Fsp3) is 0.545. The lowest BCUT2D eigenvalue weighted by Gasteiger charge is -2.37. The number of likely N-dealkylation sites (N-methyl/N-ethyl adjacent to an activating group) is 2. The van der Waals surface area contributed by atoms with E-state index in [2.05, 4.69) is 22.8 Å². The summed E-state index contributed by atoms with van der Waals surface area (Å²) in [4.78, 5) is 32.8. The van der Waals surface area contributed by atoms with Gasteiger partial charge < -0.3 is 9.80 Å². The first-order valence-electron chi connectivity index (χ1n) is 10.8. The molecule has 0 N–H and O–H groups in total. The van der Waals surface area contributed by atoms with Crippen molar-refractivity contribution in [1.29, 1.82) is 5.26 Å². The van der Waals surface area contributed by atoms with Crippen LogP contribution in [0.15, 0.2) is 9.70 Å². The Morgan fingerprint density at radius 1 is 1.13 bits per heavy atom. The zero-order valence-corrected chi connectivity index (χ0v) is 20.2. The molecule has 2 aliphatic heterocycles. The highest BCUT2D eigenvalue weighted by atomic mass is 32.2. The van der Waals surface area contributed by atoms with Gasteiger partial charge >= 0.3 is 0 Å². The zero-order valence-electron chi connectivity index (χ0n) is 18.6. The Balaban J connectivity index is 2.21. The van der Waals surface area contributed by atoms with Crippen LogP contribution in [0.3, 0.4) is 0 Å². The van der Waals surface area contributed by atoms with Crippen LogP contribution in [0.25, 0.3) is 6.08 Å². The molecule has 3 rings (SSSR count). The van der Waals surface area contributed by atoms with E-state index in [0.717, 1.165) is 50.5 Å². The van der Waals surface area contributed by atoms with E-state index < -0.39 is 0 Å². The SMILES string of the molecule is CCCn1c(N2CCN(CC)CC2)c(/C=C2\SC(=S)N(CC)C2=O)c(C)c(C#N)c1=O.